The summed E-state index contributed by atoms with van der Waals surface area (Å²) in [4.78, 5) is 0. The van der Waals surface area contributed by atoms with Crippen molar-refractivity contribution in [1.82, 2.24) is 5.32 Å². The average molecular weight is 308 g/mol. The zero-order valence-corrected chi connectivity index (χ0v) is 13.9. The van der Waals surface area contributed by atoms with E-state index in [9.17, 15) is 0 Å². The van der Waals surface area contributed by atoms with E-state index in [0.717, 1.165) is 42.2 Å². The number of halogens is 1. The van der Waals surface area contributed by atoms with Gasteiger partial charge in [0.25, 0.3) is 0 Å². The highest BCUT2D eigenvalue weighted by molar-refractivity contribution is 6.30. The van der Waals surface area contributed by atoms with Crippen molar-refractivity contribution in [3.8, 4) is 5.75 Å². The third-order valence-corrected chi connectivity index (χ3v) is 5.27. The highest BCUT2D eigenvalue weighted by Crippen LogP contribution is 2.34. The van der Waals surface area contributed by atoms with Crippen molar-refractivity contribution in [3.05, 3.63) is 28.3 Å². The van der Waals surface area contributed by atoms with Gasteiger partial charge in [-0.1, -0.05) is 38.3 Å². The topological polar surface area (TPSA) is 21.3 Å². The molecule has 2 unspecified atom stereocenters. The fraction of sp³-hybridized carbons (Fsp3) is 0.667. The van der Waals surface area contributed by atoms with Crippen molar-refractivity contribution in [1.29, 1.82) is 0 Å². The van der Waals surface area contributed by atoms with Gasteiger partial charge in [0.1, 0.15) is 5.75 Å². The second kappa shape index (κ2) is 6.58. The van der Waals surface area contributed by atoms with Gasteiger partial charge in [-0.15, -0.1) is 0 Å². The highest BCUT2D eigenvalue weighted by Gasteiger charge is 2.27. The van der Waals surface area contributed by atoms with E-state index in [-0.39, 0.29) is 0 Å². The SMILES string of the molecule is CC(C)C1CCCCC1NCc1cc(Cl)cc2c1OCC2. The van der Waals surface area contributed by atoms with E-state index in [4.69, 9.17) is 16.3 Å². The van der Waals surface area contributed by atoms with Gasteiger partial charge in [-0.05, 0) is 42.4 Å². The lowest BCUT2D eigenvalue weighted by atomic mass is 9.78. The summed E-state index contributed by atoms with van der Waals surface area (Å²) in [6, 6.07) is 4.74. The minimum absolute atomic E-state index is 0.634. The van der Waals surface area contributed by atoms with Crippen LogP contribution in [0, 0.1) is 11.8 Å². The molecule has 0 bridgehead atoms. The smallest absolute Gasteiger partial charge is 0.127 e. The molecule has 1 saturated carbocycles. The van der Waals surface area contributed by atoms with Crippen LogP contribution in [0.15, 0.2) is 12.1 Å². The maximum absolute atomic E-state index is 6.25. The predicted molar refractivity (Wildman–Crippen MR) is 88.1 cm³/mol. The molecule has 0 radical (unpaired) electrons. The standard InChI is InChI=1S/C18H26ClNO/c1-12(2)16-5-3-4-6-17(16)20-11-14-10-15(19)9-13-7-8-21-18(13)14/h9-10,12,16-17,20H,3-8,11H2,1-2H3. The molecule has 1 aromatic carbocycles. The third-order valence-electron chi connectivity index (χ3n) is 5.06. The van der Waals surface area contributed by atoms with Crippen LogP contribution in [0.4, 0.5) is 0 Å². The second-order valence-corrected chi connectivity index (χ2v) is 7.27. The summed E-state index contributed by atoms with van der Waals surface area (Å²) in [6.07, 6.45) is 6.38. The van der Waals surface area contributed by atoms with Gasteiger partial charge in [-0.2, -0.15) is 0 Å². The van der Waals surface area contributed by atoms with Crippen LogP contribution < -0.4 is 10.1 Å². The zero-order valence-electron chi connectivity index (χ0n) is 13.1. The maximum atomic E-state index is 6.25. The minimum Gasteiger partial charge on any atom is -0.493 e. The van der Waals surface area contributed by atoms with E-state index in [0.29, 0.717) is 6.04 Å². The van der Waals surface area contributed by atoms with Gasteiger partial charge in [0.15, 0.2) is 0 Å². The lowest BCUT2D eigenvalue weighted by Gasteiger charge is -2.35. The Morgan fingerprint density at radius 3 is 2.90 bits per heavy atom. The Morgan fingerprint density at radius 1 is 1.29 bits per heavy atom. The average Bonchev–Trinajstić information content (AvgIpc) is 2.93. The molecule has 2 atom stereocenters. The number of nitrogens with one attached hydrogen (secondary N) is 1. The van der Waals surface area contributed by atoms with Crippen LogP contribution in [0.3, 0.4) is 0 Å². The first-order chi connectivity index (χ1) is 10.1. The largest absolute Gasteiger partial charge is 0.493 e. The van der Waals surface area contributed by atoms with E-state index in [1.54, 1.807) is 0 Å². The summed E-state index contributed by atoms with van der Waals surface area (Å²) in [7, 11) is 0. The van der Waals surface area contributed by atoms with Gasteiger partial charge in [0.2, 0.25) is 0 Å². The first kappa shape index (κ1) is 15.2. The molecule has 1 aliphatic heterocycles. The Hall–Kier alpha value is -0.730. The van der Waals surface area contributed by atoms with Crippen molar-refractivity contribution < 1.29 is 4.74 Å². The molecule has 2 aliphatic rings. The fourth-order valence-corrected chi connectivity index (χ4v) is 4.19. The van der Waals surface area contributed by atoms with Gasteiger partial charge in [0, 0.05) is 29.6 Å². The Labute approximate surface area is 133 Å². The molecule has 3 heteroatoms. The van der Waals surface area contributed by atoms with Crippen LogP contribution in [0.5, 0.6) is 5.75 Å². The number of hydrogen-bond donors (Lipinski definition) is 1. The second-order valence-electron chi connectivity index (χ2n) is 6.83. The van der Waals surface area contributed by atoms with Gasteiger partial charge >= 0.3 is 0 Å². The molecule has 116 valence electrons. The van der Waals surface area contributed by atoms with Crippen LogP contribution in [-0.4, -0.2) is 12.6 Å². The Morgan fingerprint density at radius 2 is 2.10 bits per heavy atom. The van der Waals surface area contributed by atoms with Crippen molar-refractivity contribution in [2.45, 2.75) is 58.5 Å². The molecule has 1 aromatic rings. The molecule has 3 rings (SSSR count). The molecule has 1 N–H and O–H groups in total. The molecule has 0 spiro atoms. The lowest BCUT2D eigenvalue weighted by molar-refractivity contribution is 0.204. The molecule has 1 heterocycles. The lowest BCUT2D eigenvalue weighted by Crippen LogP contribution is -2.40. The van der Waals surface area contributed by atoms with E-state index < -0.39 is 0 Å². The summed E-state index contributed by atoms with van der Waals surface area (Å²) in [6.45, 7) is 6.37. The van der Waals surface area contributed by atoms with Gasteiger partial charge < -0.3 is 10.1 Å². The molecule has 1 fully saturated rings. The summed E-state index contributed by atoms with van der Waals surface area (Å²) < 4.78 is 5.80. The van der Waals surface area contributed by atoms with Crippen molar-refractivity contribution in [2.75, 3.05) is 6.61 Å². The van der Waals surface area contributed by atoms with Crippen molar-refractivity contribution >= 4 is 11.6 Å². The number of rotatable bonds is 4. The molecular weight excluding hydrogens is 282 g/mol. The highest BCUT2D eigenvalue weighted by atomic mass is 35.5. The van der Waals surface area contributed by atoms with Gasteiger partial charge in [-0.3, -0.25) is 0 Å². The summed E-state index contributed by atoms with van der Waals surface area (Å²) in [5.41, 5.74) is 2.49. The molecular formula is C18H26ClNO. The molecule has 0 saturated heterocycles. The Kier molecular flexibility index (Phi) is 4.75. The van der Waals surface area contributed by atoms with Crippen LogP contribution in [0.1, 0.15) is 50.7 Å². The van der Waals surface area contributed by atoms with Crippen LogP contribution in [-0.2, 0) is 13.0 Å². The molecule has 1 aliphatic carbocycles. The number of benzene rings is 1. The molecule has 0 aromatic heterocycles. The maximum Gasteiger partial charge on any atom is 0.127 e. The first-order valence-corrected chi connectivity index (χ1v) is 8.70. The number of fused-ring (bicyclic) bond motifs is 1. The van der Waals surface area contributed by atoms with E-state index in [2.05, 4.69) is 25.2 Å². The van der Waals surface area contributed by atoms with Crippen LogP contribution in [0.2, 0.25) is 5.02 Å². The summed E-state index contributed by atoms with van der Waals surface area (Å²) >= 11 is 6.25. The van der Waals surface area contributed by atoms with Crippen molar-refractivity contribution in [2.24, 2.45) is 11.8 Å². The third kappa shape index (κ3) is 3.37. The zero-order chi connectivity index (χ0) is 14.8. The predicted octanol–water partition coefficient (Wildman–Crippen LogP) is 4.58. The first-order valence-electron chi connectivity index (χ1n) is 8.32. The van der Waals surface area contributed by atoms with E-state index in [1.807, 2.05) is 6.07 Å². The Balaban J connectivity index is 1.70. The monoisotopic (exact) mass is 307 g/mol. The van der Waals surface area contributed by atoms with Crippen molar-refractivity contribution in [3.63, 3.8) is 0 Å². The number of hydrogen-bond acceptors (Lipinski definition) is 2. The summed E-state index contributed by atoms with van der Waals surface area (Å²) in [5.74, 6) is 2.62. The van der Waals surface area contributed by atoms with Gasteiger partial charge in [0.05, 0.1) is 6.61 Å². The van der Waals surface area contributed by atoms with Gasteiger partial charge in [-0.25, -0.2) is 0 Å². The molecule has 21 heavy (non-hydrogen) atoms. The molecule has 2 nitrogen and oxygen atoms in total. The quantitative estimate of drug-likeness (QED) is 0.879. The summed E-state index contributed by atoms with van der Waals surface area (Å²) in [5, 5.41) is 4.62. The van der Waals surface area contributed by atoms with E-state index >= 15 is 0 Å². The van der Waals surface area contributed by atoms with Crippen LogP contribution >= 0.6 is 11.6 Å². The van der Waals surface area contributed by atoms with E-state index in [1.165, 1.54) is 36.8 Å². The number of ether oxygens (including phenoxy) is 1. The molecule has 0 amide bonds. The normalized spacial score (nSPS) is 25.0. The fourth-order valence-electron chi connectivity index (χ4n) is 3.93. The minimum atomic E-state index is 0.634. The van der Waals surface area contributed by atoms with Crippen LogP contribution in [0.25, 0.3) is 0 Å². The Bertz CT molecular complexity index is 500.